The highest BCUT2D eigenvalue weighted by Crippen LogP contribution is 2.02. The summed E-state index contributed by atoms with van der Waals surface area (Å²) in [6, 6.07) is 5.98. The second-order valence-electron chi connectivity index (χ2n) is 7.62. The van der Waals surface area contributed by atoms with Crippen LogP contribution in [0.25, 0.3) is 0 Å². The predicted octanol–water partition coefficient (Wildman–Crippen LogP) is 4.67. The lowest BCUT2D eigenvalue weighted by Crippen LogP contribution is -2.19. The maximum Gasteiger partial charge on any atom is 0.293 e. The Morgan fingerprint density at radius 1 is 1.07 bits per heavy atom. The normalized spacial score (nSPS) is 9.93. The van der Waals surface area contributed by atoms with E-state index < -0.39 is 0 Å². The highest BCUT2D eigenvalue weighted by atomic mass is 16.5. The number of carbonyl (C=O) groups is 1. The van der Waals surface area contributed by atoms with E-state index in [4.69, 9.17) is 0 Å². The lowest BCUT2D eigenvalue weighted by Gasteiger charge is -2.14. The van der Waals surface area contributed by atoms with Gasteiger partial charge in [0, 0.05) is 12.7 Å². The second-order valence-corrected chi connectivity index (χ2v) is 7.62. The number of hydrogen-bond acceptors (Lipinski definition) is 5. The Morgan fingerprint density at radius 3 is 1.89 bits per heavy atom. The Kier molecular flexibility index (Phi) is 23.4. The Balaban J connectivity index is -0.000000331. The third-order valence-corrected chi connectivity index (χ3v) is 2.60. The fraction of sp³-hybridized carbons (Fsp3) is 0.727. The van der Waals surface area contributed by atoms with Crippen molar-refractivity contribution in [2.45, 2.75) is 74.5 Å². The van der Waals surface area contributed by atoms with Gasteiger partial charge in [-0.2, -0.15) is 0 Å². The lowest BCUT2D eigenvalue weighted by atomic mass is 10.2. The van der Waals surface area contributed by atoms with Gasteiger partial charge in [-0.1, -0.05) is 47.6 Å². The van der Waals surface area contributed by atoms with Gasteiger partial charge in [0.15, 0.2) is 0 Å². The molecule has 0 unspecified atom stereocenters. The van der Waals surface area contributed by atoms with Crippen LogP contribution in [-0.4, -0.2) is 37.2 Å². The summed E-state index contributed by atoms with van der Waals surface area (Å²) in [5, 5.41) is 6.41. The molecule has 0 saturated heterocycles. The molecule has 27 heavy (non-hydrogen) atoms. The first-order valence-corrected chi connectivity index (χ1v) is 9.99. The smallest absolute Gasteiger partial charge is 0.293 e. The number of hydrogen-bond donors (Lipinski definition) is 2. The maximum absolute atomic E-state index is 9.60. The molecular weight excluding hydrogens is 338 g/mol. The summed E-state index contributed by atoms with van der Waals surface area (Å²) < 4.78 is 4.55. The van der Waals surface area contributed by atoms with Gasteiger partial charge in [-0.25, -0.2) is 0 Å². The van der Waals surface area contributed by atoms with Gasteiger partial charge in [0.1, 0.15) is 5.60 Å². The zero-order valence-corrected chi connectivity index (χ0v) is 19.4. The number of aromatic nitrogens is 1. The van der Waals surface area contributed by atoms with Crippen LogP contribution in [0, 0.1) is 11.8 Å². The number of pyridine rings is 1. The molecule has 0 aliphatic carbocycles. The predicted molar refractivity (Wildman–Crippen MR) is 118 cm³/mol. The Bertz CT molecular complexity index is 402. The third-order valence-electron chi connectivity index (χ3n) is 2.60. The maximum atomic E-state index is 9.60. The van der Waals surface area contributed by atoms with Gasteiger partial charge in [-0.05, 0) is 64.9 Å². The van der Waals surface area contributed by atoms with Crippen LogP contribution < -0.4 is 10.6 Å². The molecule has 1 heterocycles. The van der Waals surface area contributed by atoms with Crippen LogP contribution in [-0.2, 0) is 16.1 Å². The van der Waals surface area contributed by atoms with Gasteiger partial charge in [-0.3, -0.25) is 9.78 Å². The first-order chi connectivity index (χ1) is 12.6. The molecule has 5 nitrogen and oxygen atoms in total. The minimum Gasteiger partial charge on any atom is -0.462 e. The molecule has 1 aromatic heterocycles. The second kappa shape index (κ2) is 20.8. The standard InChI is InChI=1S/C10H16N2.C5H13N.C5H10O2.C2H6/c1-9(2)7-11-8-10-5-3-4-6-12-10;1-5(2)4-6-3;1-5(2,3)7-4-6;1-2/h3-6,9,11H,7-8H2,1-2H3;5-6H,4H2,1-3H3;4H,1-3H3;1-2H3. The lowest BCUT2D eigenvalue weighted by molar-refractivity contribution is -0.138. The molecule has 0 fully saturated rings. The van der Waals surface area contributed by atoms with E-state index in [1.807, 2.05) is 66.1 Å². The number of carbonyl (C=O) groups excluding carboxylic acids is 1. The number of rotatable bonds is 7. The summed E-state index contributed by atoms with van der Waals surface area (Å²) in [4.78, 5) is 13.8. The van der Waals surface area contributed by atoms with Crippen molar-refractivity contribution in [2.24, 2.45) is 11.8 Å². The van der Waals surface area contributed by atoms with Crippen molar-refractivity contribution in [1.82, 2.24) is 15.6 Å². The first-order valence-electron chi connectivity index (χ1n) is 9.99. The van der Waals surface area contributed by atoms with E-state index in [-0.39, 0.29) is 5.60 Å². The van der Waals surface area contributed by atoms with Crippen molar-refractivity contribution in [3.63, 3.8) is 0 Å². The monoisotopic (exact) mass is 383 g/mol. The fourth-order valence-electron chi connectivity index (χ4n) is 1.54. The zero-order valence-electron chi connectivity index (χ0n) is 19.4. The van der Waals surface area contributed by atoms with Crippen molar-refractivity contribution in [3.05, 3.63) is 30.1 Å². The average Bonchev–Trinajstić information content (AvgIpc) is 2.57. The summed E-state index contributed by atoms with van der Waals surface area (Å²) >= 11 is 0. The van der Waals surface area contributed by atoms with E-state index in [0.717, 1.165) is 31.2 Å². The molecule has 1 rings (SSSR count). The molecule has 1 aromatic rings. The summed E-state index contributed by atoms with van der Waals surface area (Å²) in [5.41, 5.74) is 0.792. The van der Waals surface area contributed by atoms with E-state index in [9.17, 15) is 4.79 Å². The van der Waals surface area contributed by atoms with Crippen molar-refractivity contribution in [2.75, 3.05) is 20.1 Å². The topological polar surface area (TPSA) is 63.2 Å². The SMILES string of the molecule is CC.CC(C)(C)OC=O.CC(C)CNCc1ccccn1.CNCC(C)C. The highest BCUT2D eigenvalue weighted by Gasteiger charge is 2.07. The number of ether oxygens (including phenoxy) is 1. The van der Waals surface area contributed by atoms with E-state index in [2.05, 4.69) is 48.0 Å². The van der Waals surface area contributed by atoms with Gasteiger partial charge >= 0.3 is 0 Å². The third kappa shape index (κ3) is 32.7. The molecule has 0 aromatic carbocycles. The van der Waals surface area contributed by atoms with Gasteiger partial charge in [-0.15, -0.1) is 0 Å². The Morgan fingerprint density at radius 2 is 1.63 bits per heavy atom. The molecule has 0 atom stereocenters. The Hall–Kier alpha value is -1.46. The summed E-state index contributed by atoms with van der Waals surface area (Å²) in [6.45, 7) is 21.8. The quantitative estimate of drug-likeness (QED) is 0.670. The van der Waals surface area contributed by atoms with Crippen molar-refractivity contribution >= 4 is 6.47 Å². The molecule has 0 saturated carbocycles. The van der Waals surface area contributed by atoms with E-state index >= 15 is 0 Å². The van der Waals surface area contributed by atoms with Gasteiger partial charge in [0.2, 0.25) is 0 Å². The molecule has 0 bridgehead atoms. The highest BCUT2D eigenvalue weighted by molar-refractivity contribution is 5.37. The molecule has 0 spiro atoms. The molecule has 160 valence electrons. The average molecular weight is 384 g/mol. The van der Waals surface area contributed by atoms with Crippen LogP contribution in [0.4, 0.5) is 0 Å². The number of nitrogens with one attached hydrogen (secondary N) is 2. The largest absolute Gasteiger partial charge is 0.462 e. The minimum atomic E-state index is -0.318. The van der Waals surface area contributed by atoms with E-state index in [1.54, 1.807) is 0 Å². The van der Waals surface area contributed by atoms with Crippen molar-refractivity contribution in [1.29, 1.82) is 0 Å². The zero-order chi connectivity index (χ0) is 21.7. The van der Waals surface area contributed by atoms with E-state index in [0.29, 0.717) is 12.4 Å². The van der Waals surface area contributed by atoms with E-state index in [1.165, 1.54) is 0 Å². The van der Waals surface area contributed by atoms with Crippen LogP contribution in [0.1, 0.15) is 68.0 Å². The minimum absolute atomic E-state index is 0.318. The van der Waals surface area contributed by atoms with Gasteiger partial charge in [0.05, 0.1) is 5.69 Å². The molecule has 0 aliphatic rings. The van der Waals surface area contributed by atoms with Crippen molar-refractivity contribution < 1.29 is 9.53 Å². The molecule has 2 N–H and O–H groups in total. The van der Waals surface area contributed by atoms with Crippen LogP contribution in [0.3, 0.4) is 0 Å². The summed E-state index contributed by atoms with van der Waals surface area (Å²) in [6.07, 6.45) is 1.83. The number of nitrogens with zero attached hydrogens (tertiary/aromatic N) is 1. The molecule has 0 amide bonds. The summed E-state index contributed by atoms with van der Waals surface area (Å²) in [7, 11) is 1.97. The fourth-order valence-corrected chi connectivity index (χ4v) is 1.54. The van der Waals surface area contributed by atoms with Gasteiger partial charge in [0.25, 0.3) is 6.47 Å². The van der Waals surface area contributed by atoms with Crippen molar-refractivity contribution in [3.8, 4) is 0 Å². The Labute approximate surface area is 168 Å². The van der Waals surface area contributed by atoms with Crippen LogP contribution >= 0.6 is 0 Å². The first kappa shape index (κ1) is 30.3. The van der Waals surface area contributed by atoms with Crippen LogP contribution in [0.5, 0.6) is 0 Å². The molecular formula is C22H45N3O2. The van der Waals surface area contributed by atoms with Crippen LogP contribution in [0.15, 0.2) is 24.4 Å². The molecule has 0 radical (unpaired) electrons. The van der Waals surface area contributed by atoms with Crippen LogP contribution in [0.2, 0.25) is 0 Å². The molecule has 0 aliphatic heterocycles. The summed E-state index contributed by atoms with van der Waals surface area (Å²) in [5.74, 6) is 1.49. The van der Waals surface area contributed by atoms with Gasteiger partial charge < -0.3 is 15.4 Å². The molecule has 5 heteroatoms.